The Labute approximate surface area is 128 Å². The van der Waals surface area contributed by atoms with Crippen LogP contribution in [0.5, 0.6) is 0 Å². The SMILES string of the molecule is C=CCS(=O)(=O)C(C)C(=O)Nc1sc(C)c(C)c1C(N)=O. The molecular weight excluding hydrogens is 312 g/mol. The van der Waals surface area contributed by atoms with E-state index in [0.717, 1.165) is 4.88 Å². The van der Waals surface area contributed by atoms with Crippen LogP contribution >= 0.6 is 11.3 Å². The molecule has 8 heteroatoms. The zero-order valence-corrected chi connectivity index (χ0v) is 13.7. The van der Waals surface area contributed by atoms with Gasteiger partial charge in [-0.05, 0) is 26.3 Å². The molecule has 0 aliphatic rings. The predicted molar refractivity (Wildman–Crippen MR) is 84.4 cm³/mol. The number of hydrogen-bond acceptors (Lipinski definition) is 5. The minimum atomic E-state index is -3.61. The third-order valence-corrected chi connectivity index (χ3v) is 6.24. The van der Waals surface area contributed by atoms with Crippen LogP contribution < -0.4 is 11.1 Å². The van der Waals surface area contributed by atoms with Crippen molar-refractivity contribution in [3.8, 4) is 0 Å². The van der Waals surface area contributed by atoms with Crippen molar-refractivity contribution < 1.29 is 18.0 Å². The van der Waals surface area contributed by atoms with E-state index in [1.165, 1.54) is 24.3 Å². The van der Waals surface area contributed by atoms with Gasteiger partial charge in [-0.25, -0.2) is 8.42 Å². The Morgan fingerprint density at radius 3 is 2.48 bits per heavy atom. The molecule has 0 spiro atoms. The molecule has 0 bridgehead atoms. The normalized spacial score (nSPS) is 12.7. The first-order valence-electron chi connectivity index (χ1n) is 6.15. The van der Waals surface area contributed by atoms with Crippen molar-refractivity contribution in [2.75, 3.05) is 11.1 Å². The number of amides is 2. The Morgan fingerprint density at radius 1 is 1.43 bits per heavy atom. The van der Waals surface area contributed by atoms with Crippen LogP contribution in [-0.4, -0.2) is 31.2 Å². The molecule has 1 rings (SSSR count). The van der Waals surface area contributed by atoms with Crippen LogP contribution in [0.1, 0.15) is 27.7 Å². The van der Waals surface area contributed by atoms with Crippen LogP contribution in [0.2, 0.25) is 0 Å². The van der Waals surface area contributed by atoms with Crippen molar-refractivity contribution in [3.63, 3.8) is 0 Å². The molecule has 3 N–H and O–H groups in total. The topological polar surface area (TPSA) is 106 Å². The average molecular weight is 330 g/mol. The summed E-state index contributed by atoms with van der Waals surface area (Å²) >= 11 is 1.19. The number of sulfone groups is 1. The summed E-state index contributed by atoms with van der Waals surface area (Å²) in [6.45, 7) is 8.16. The largest absolute Gasteiger partial charge is 0.365 e. The maximum absolute atomic E-state index is 12.1. The molecular formula is C13H18N2O4S2. The Kier molecular flexibility index (Phi) is 5.30. The Balaban J connectivity index is 3.07. The molecule has 0 aromatic carbocycles. The number of thiophene rings is 1. The maximum Gasteiger partial charge on any atom is 0.251 e. The van der Waals surface area contributed by atoms with Gasteiger partial charge < -0.3 is 11.1 Å². The number of rotatable bonds is 6. The highest BCUT2D eigenvalue weighted by Gasteiger charge is 2.28. The molecule has 2 amide bonds. The van der Waals surface area contributed by atoms with Crippen LogP contribution in [0.15, 0.2) is 12.7 Å². The highest BCUT2D eigenvalue weighted by Crippen LogP contribution is 2.32. The van der Waals surface area contributed by atoms with Gasteiger partial charge in [0.25, 0.3) is 5.91 Å². The Bertz CT molecular complexity index is 689. The summed E-state index contributed by atoms with van der Waals surface area (Å²) in [6, 6.07) is 0. The summed E-state index contributed by atoms with van der Waals surface area (Å²) in [5, 5.41) is 1.53. The summed E-state index contributed by atoms with van der Waals surface area (Å²) < 4.78 is 23.7. The van der Waals surface area contributed by atoms with E-state index in [2.05, 4.69) is 11.9 Å². The van der Waals surface area contributed by atoms with E-state index in [4.69, 9.17) is 5.73 Å². The minimum Gasteiger partial charge on any atom is -0.365 e. The number of primary amides is 1. The zero-order valence-electron chi connectivity index (χ0n) is 12.1. The molecule has 0 radical (unpaired) electrons. The summed E-state index contributed by atoms with van der Waals surface area (Å²) in [6.07, 6.45) is 1.23. The van der Waals surface area contributed by atoms with Gasteiger partial charge >= 0.3 is 0 Å². The molecule has 6 nitrogen and oxygen atoms in total. The fourth-order valence-electron chi connectivity index (χ4n) is 1.70. The quantitative estimate of drug-likeness (QED) is 0.769. The lowest BCUT2D eigenvalue weighted by atomic mass is 10.1. The molecule has 1 aromatic rings. The van der Waals surface area contributed by atoms with Crippen molar-refractivity contribution in [2.45, 2.75) is 26.0 Å². The van der Waals surface area contributed by atoms with Crippen molar-refractivity contribution >= 4 is 38.0 Å². The lowest BCUT2D eigenvalue weighted by Gasteiger charge is -2.12. The third kappa shape index (κ3) is 3.70. The van der Waals surface area contributed by atoms with E-state index in [0.29, 0.717) is 5.56 Å². The van der Waals surface area contributed by atoms with Crippen LogP contribution in [0, 0.1) is 13.8 Å². The van der Waals surface area contributed by atoms with Crippen molar-refractivity contribution in [1.29, 1.82) is 0 Å². The van der Waals surface area contributed by atoms with E-state index >= 15 is 0 Å². The van der Waals surface area contributed by atoms with Crippen molar-refractivity contribution in [3.05, 3.63) is 28.7 Å². The maximum atomic E-state index is 12.1. The first kappa shape index (κ1) is 17.4. The molecule has 1 heterocycles. The van der Waals surface area contributed by atoms with Gasteiger partial charge in [-0.1, -0.05) is 6.08 Å². The van der Waals surface area contributed by atoms with Gasteiger partial charge in [-0.3, -0.25) is 9.59 Å². The molecule has 0 saturated carbocycles. The molecule has 1 atom stereocenters. The highest BCUT2D eigenvalue weighted by molar-refractivity contribution is 7.92. The first-order valence-corrected chi connectivity index (χ1v) is 8.68. The lowest BCUT2D eigenvalue weighted by molar-refractivity contribution is -0.115. The smallest absolute Gasteiger partial charge is 0.251 e. The number of hydrogen-bond donors (Lipinski definition) is 2. The van der Waals surface area contributed by atoms with E-state index in [9.17, 15) is 18.0 Å². The summed E-state index contributed by atoms with van der Waals surface area (Å²) in [7, 11) is -3.61. The van der Waals surface area contributed by atoms with Gasteiger partial charge in [0.05, 0.1) is 11.3 Å². The number of nitrogens with two attached hydrogens (primary N) is 1. The van der Waals surface area contributed by atoms with E-state index in [1.807, 2.05) is 0 Å². The monoisotopic (exact) mass is 330 g/mol. The summed E-state index contributed by atoms with van der Waals surface area (Å²) in [5.41, 5.74) is 6.21. The fraction of sp³-hybridized carbons (Fsp3) is 0.385. The van der Waals surface area contributed by atoms with E-state index in [-0.39, 0.29) is 16.3 Å². The minimum absolute atomic E-state index is 0.221. The standard InChI is InChI=1S/C13H18N2O4S2/c1-5-6-21(18,19)9(4)12(17)15-13-10(11(14)16)7(2)8(3)20-13/h5,9H,1,6H2,2-4H3,(H2,14,16)(H,15,17). The number of carbonyl (C=O) groups is 2. The van der Waals surface area contributed by atoms with Gasteiger partial charge in [0.15, 0.2) is 9.84 Å². The second kappa shape index (κ2) is 6.40. The zero-order chi connectivity index (χ0) is 16.4. The van der Waals surface area contributed by atoms with Crippen molar-refractivity contribution in [2.24, 2.45) is 5.73 Å². The second-order valence-corrected chi connectivity index (χ2v) is 8.19. The van der Waals surface area contributed by atoms with Crippen molar-refractivity contribution in [1.82, 2.24) is 0 Å². The highest BCUT2D eigenvalue weighted by atomic mass is 32.2. The number of aryl methyl sites for hydroxylation is 1. The fourth-order valence-corrected chi connectivity index (χ4v) is 3.77. The van der Waals surface area contributed by atoms with Crippen LogP contribution in [0.4, 0.5) is 5.00 Å². The number of carbonyl (C=O) groups excluding carboxylic acids is 2. The van der Waals surface area contributed by atoms with Gasteiger partial charge in [0.1, 0.15) is 10.3 Å². The van der Waals surface area contributed by atoms with Gasteiger partial charge in [0, 0.05) is 4.88 Å². The van der Waals surface area contributed by atoms with Crippen LogP contribution in [0.3, 0.4) is 0 Å². The van der Waals surface area contributed by atoms with Gasteiger partial charge in [-0.15, -0.1) is 17.9 Å². The molecule has 0 aliphatic carbocycles. The van der Waals surface area contributed by atoms with E-state index < -0.39 is 26.9 Å². The number of nitrogens with one attached hydrogen (secondary N) is 1. The molecule has 0 fully saturated rings. The van der Waals surface area contributed by atoms with E-state index in [1.54, 1.807) is 13.8 Å². The molecule has 21 heavy (non-hydrogen) atoms. The first-order chi connectivity index (χ1) is 9.61. The molecule has 116 valence electrons. The van der Waals surface area contributed by atoms with Crippen LogP contribution in [0.25, 0.3) is 0 Å². The molecule has 1 unspecified atom stereocenters. The lowest BCUT2D eigenvalue weighted by Crippen LogP contribution is -2.34. The predicted octanol–water partition coefficient (Wildman–Crippen LogP) is 1.39. The summed E-state index contributed by atoms with van der Waals surface area (Å²) in [5.74, 6) is -1.64. The molecule has 1 aromatic heterocycles. The molecule has 0 saturated heterocycles. The Morgan fingerprint density at radius 2 is 2.00 bits per heavy atom. The third-order valence-electron chi connectivity index (χ3n) is 3.13. The van der Waals surface area contributed by atoms with Gasteiger partial charge in [-0.2, -0.15) is 0 Å². The summed E-state index contributed by atoms with van der Waals surface area (Å²) in [4.78, 5) is 24.3. The molecule has 0 aliphatic heterocycles. The number of anilines is 1. The second-order valence-electron chi connectivity index (χ2n) is 4.60. The van der Waals surface area contributed by atoms with Gasteiger partial charge in [0.2, 0.25) is 5.91 Å². The van der Waals surface area contributed by atoms with Crippen LogP contribution in [-0.2, 0) is 14.6 Å². The average Bonchev–Trinajstić information content (AvgIpc) is 2.63. The Hall–Kier alpha value is -1.67.